The van der Waals surface area contributed by atoms with E-state index in [-0.39, 0.29) is 36.9 Å². The van der Waals surface area contributed by atoms with Crippen LogP contribution in [0.4, 0.5) is 0 Å². The van der Waals surface area contributed by atoms with Gasteiger partial charge < -0.3 is 44.0 Å². The van der Waals surface area contributed by atoms with E-state index in [1.54, 1.807) is 0 Å². The predicted octanol–water partition coefficient (Wildman–Crippen LogP) is -3.11. The number of rotatable bonds is 17. The van der Waals surface area contributed by atoms with Crippen molar-refractivity contribution < 1.29 is 24.3 Å². The second-order valence-electron chi connectivity index (χ2n) is 7.23. The first-order valence-electron chi connectivity index (χ1n) is 10.4. The smallest absolute Gasteiger partial charge is 0.327 e. The molecule has 0 saturated heterocycles. The van der Waals surface area contributed by atoms with Crippen LogP contribution >= 0.6 is 25.3 Å². The van der Waals surface area contributed by atoms with Crippen molar-refractivity contribution in [2.45, 2.75) is 56.3 Å². The number of unbranched alkanes of at least 4 members (excludes halogenated alkanes) is 1. The molecule has 0 heterocycles. The number of nitrogens with two attached hydrogens (primary N) is 4. The van der Waals surface area contributed by atoms with E-state index in [0.717, 1.165) is 0 Å². The Balaban J connectivity index is 5.44. The molecule has 190 valence electrons. The summed E-state index contributed by atoms with van der Waals surface area (Å²) in [4.78, 5) is 52.9. The number of thiol groups is 2. The number of carbonyl (C=O) groups excluding carboxylic acids is 3. The minimum atomic E-state index is -1.25. The van der Waals surface area contributed by atoms with Crippen LogP contribution in [0.3, 0.4) is 0 Å². The standard InChI is InChI=1S/C18H36N8O5S2/c19-6-2-1-4-11(16(29)26-13(9-33)17(30)31)25-15(28)12(5-3-7-23-18(21)22)24-14(27)10(20)8-32/h10-13,32-33H,1-9,19-20H2,(H,24,27)(H,25,28)(H,26,29)(H,30,31)(H4,21,22,23). The van der Waals surface area contributed by atoms with Gasteiger partial charge in [-0.3, -0.25) is 19.4 Å². The third kappa shape index (κ3) is 13.2. The van der Waals surface area contributed by atoms with Crippen LogP contribution in [0.15, 0.2) is 4.99 Å². The highest BCUT2D eigenvalue weighted by Crippen LogP contribution is 2.06. The highest BCUT2D eigenvalue weighted by atomic mass is 32.1. The first-order chi connectivity index (χ1) is 15.6. The molecular weight excluding hydrogens is 472 g/mol. The fourth-order valence-electron chi connectivity index (χ4n) is 2.63. The molecule has 0 fully saturated rings. The molecule has 0 saturated carbocycles. The predicted molar refractivity (Wildman–Crippen MR) is 132 cm³/mol. The first-order valence-corrected chi connectivity index (χ1v) is 11.7. The van der Waals surface area contributed by atoms with E-state index >= 15 is 0 Å². The fourth-order valence-corrected chi connectivity index (χ4v) is 3.04. The Morgan fingerprint density at radius 2 is 1.33 bits per heavy atom. The number of amides is 3. The summed E-state index contributed by atoms with van der Waals surface area (Å²) in [6.07, 6.45) is 1.86. The Bertz CT molecular complexity index is 678. The number of nitrogens with zero attached hydrogens (tertiary/aromatic N) is 1. The Labute approximate surface area is 204 Å². The van der Waals surface area contributed by atoms with Gasteiger partial charge in [-0.05, 0) is 38.6 Å². The third-order valence-electron chi connectivity index (χ3n) is 4.49. The van der Waals surface area contributed by atoms with E-state index in [2.05, 4.69) is 46.2 Å². The zero-order valence-corrected chi connectivity index (χ0v) is 20.2. The average Bonchev–Trinajstić information content (AvgIpc) is 2.77. The van der Waals surface area contributed by atoms with Gasteiger partial charge in [-0.2, -0.15) is 25.3 Å². The normalized spacial score (nSPS) is 14.3. The molecule has 3 amide bonds. The molecule has 0 bridgehead atoms. The number of hydrogen-bond acceptors (Lipinski definition) is 9. The quantitative estimate of drug-likeness (QED) is 0.0413. The molecular formula is C18H36N8O5S2. The Hall–Kier alpha value is -2.23. The van der Waals surface area contributed by atoms with Crippen LogP contribution in [0.5, 0.6) is 0 Å². The van der Waals surface area contributed by atoms with Crippen molar-refractivity contribution in [3.05, 3.63) is 0 Å². The lowest BCUT2D eigenvalue weighted by atomic mass is 10.1. The highest BCUT2D eigenvalue weighted by molar-refractivity contribution is 7.80. The van der Waals surface area contributed by atoms with E-state index in [4.69, 9.17) is 28.0 Å². The molecule has 0 aromatic heterocycles. The van der Waals surface area contributed by atoms with Crippen LogP contribution in [-0.4, -0.2) is 83.5 Å². The summed E-state index contributed by atoms with van der Waals surface area (Å²) in [6, 6.07) is -4.22. The zero-order valence-electron chi connectivity index (χ0n) is 18.4. The first kappa shape index (κ1) is 30.8. The number of carbonyl (C=O) groups is 4. The van der Waals surface area contributed by atoms with Crippen molar-refractivity contribution in [3.63, 3.8) is 0 Å². The minimum Gasteiger partial charge on any atom is -0.480 e. The molecule has 13 nitrogen and oxygen atoms in total. The summed E-state index contributed by atoms with van der Waals surface area (Å²) in [5, 5.41) is 16.6. The lowest BCUT2D eigenvalue weighted by Gasteiger charge is -2.25. The summed E-state index contributed by atoms with van der Waals surface area (Å²) < 4.78 is 0. The lowest BCUT2D eigenvalue weighted by Crippen LogP contribution is -2.57. The third-order valence-corrected chi connectivity index (χ3v) is 5.25. The van der Waals surface area contributed by atoms with E-state index in [0.29, 0.717) is 25.8 Å². The Morgan fingerprint density at radius 1 is 0.818 bits per heavy atom. The van der Waals surface area contributed by atoms with Crippen LogP contribution in [-0.2, 0) is 19.2 Å². The number of carboxylic acids is 1. The van der Waals surface area contributed by atoms with Gasteiger partial charge in [0.25, 0.3) is 0 Å². The molecule has 0 rings (SSSR count). The van der Waals surface area contributed by atoms with Gasteiger partial charge in [0.15, 0.2) is 5.96 Å². The van der Waals surface area contributed by atoms with Crippen molar-refractivity contribution >= 4 is 54.9 Å². The topological polar surface area (TPSA) is 241 Å². The monoisotopic (exact) mass is 508 g/mol. The second-order valence-corrected chi connectivity index (χ2v) is 7.96. The largest absolute Gasteiger partial charge is 0.480 e. The molecule has 33 heavy (non-hydrogen) atoms. The van der Waals surface area contributed by atoms with Crippen LogP contribution in [0.25, 0.3) is 0 Å². The van der Waals surface area contributed by atoms with Crippen molar-refractivity contribution in [1.82, 2.24) is 16.0 Å². The maximum atomic E-state index is 12.9. The van der Waals surface area contributed by atoms with Gasteiger partial charge in [-0.25, -0.2) is 4.79 Å². The second kappa shape index (κ2) is 17.3. The van der Waals surface area contributed by atoms with Gasteiger partial charge in [-0.15, -0.1) is 0 Å². The molecule has 0 spiro atoms. The SMILES string of the molecule is NCCCCC(NC(=O)C(CCCN=C(N)N)NC(=O)C(N)CS)C(=O)NC(CS)C(=O)O. The number of carboxylic acid groups (broad SMARTS) is 1. The zero-order chi connectivity index (χ0) is 25.4. The molecule has 0 aliphatic carbocycles. The molecule has 0 radical (unpaired) electrons. The maximum Gasteiger partial charge on any atom is 0.327 e. The van der Waals surface area contributed by atoms with Crippen molar-refractivity contribution in [1.29, 1.82) is 0 Å². The lowest BCUT2D eigenvalue weighted by molar-refractivity contribution is -0.141. The van der Waals surface area contributed by atoms with Crippen LogP contribution < -0.4 is 38.9 Å². The van der Waals surface area contributed by atoms with E-state index in [9.17, 15) is 19.2 Å². The van der Waals surface area contributed by atoms with Crippen molar-refractivity contribution in [2.24, 2.45) is 27.9 Å². The van der Waals surface area contributed by atoms with E-state index < -0.39 is 47.9 Å². The van der Waals surface area contributed by atoms with E-state index in [1.165, 1.54) is 0 Å². The summed E-state index contributed by atoms with van der Waals surface area (Å²) in [5.41, 5.74) is 21.8. The highest BCUT2D eigenvalue weighted by Gasteiger charge is 2.29. The summed E-state index contributed by atoms with van der Waals surface area (Å²) in [5.74, 6) is -3.32. The Morgan fingerprint density at radius 3 is 1.79 bits per heavy atom. The van der Waals surface area contributed by atoms with Crippen molar-refractivity contribution in [3.8, 4) is 0 Å². The molecule has 0 aromatic carbocycles. The van der Waals surface area contributed by atoms with Crippen LogP contribution in [0.1, 0.15) is 32.1 Å². The van der Waals surface area contributed by atoms with Gasteiger partial charge in [0.2, 0.25) is 17.7 Å². The van der Waals surface area contributed by atoms with Crippen LogP contribution in [0.2, 0.25) is 0 Å². The molecule has 0 aliphatic rings. The summed E-state index contributed by atoms with van der Waals surface area (Å²) >= 11 is 7.90. The molecule has 4 atom stereocenters. The summed E-state index contributed by atoms with van der Waals surface area (Å²) in [6.45, 7) is 0.616. The minimum absolute atomic E-state index is 0.0681. The number of aliphatic carboxylic acids is 1. The molecule has 0 aliphatic heterocycles. The number of nitrogens with one attached hydrogen (secondary N) is 3. The van der Waals surface area contributed by atoms with Gasteiger partial charge in [0.1, 0.15) is 18.1 Å². The van der Waals surface area contributed by atoms with Gasteiger partial charge in [-0.1, -0.05) is 0 Å². The van der Waals surface area contributed by atoms with Gasteiger partial charge in [0.05, 0.1) is 6.04 Å². The summed E-state index contributed by atoms with van der Waals surface area (Å²) in [7, 11) is 0. The molecule has 15 heteroatoms. The maximum absolute atomic E-state index is 12.9. The number of aliphatic imine (C=N–C) groups is 1. The van der Waals surface area contributed by atoms with Crippen LogP contribution in [0, 0.1) is 0 Å². The average molecular weight is 509 g/mol. The molecule has 0 aromatic rings. The van der Waals surface area contributed by atoms with Gasteiger partial charge in [0, 0.05) is 18.1 Å². The molecule has 4 unspecified atom stereocenters. The van der Waals surface area contributed by atoms with Gasteiger partial charge >= 0.3 is 5.97 Å². The van der Waals surface area contributed by atoms with E-state index in [1.807, 2.05) is 0 Å². The Kier molecular flexibility index (Phi) is 16.1. The van der Waals surface area contributed by atoms with Crippen molar-refractivity contribution in [2.75, 3.05) is 24.6 Å². The number of guanidine groups is 1. The molecule has 12 N–H and O–H groups in total. The fraction of sp³-hybridized carbons (Fsp3) is 0.722. The number of hydrogen-bond donors (Lipinski definition) is 10.